The lowest BCUT2D eigenvalue weighted by Gasteiger charge is -2.23. The number of unbranched alkanes of at least 4 members (excludes halogenated alkanes) is 2. The zero-order valence-electron chi connectivity index (χ0n) is 9.91. The molecular weight excluding hydrogens is 190 g/mol. The molecule has 15 heavy (non-hydrogen) atoms. The number of carbonyl (C=O) groups is 1. The fourth-order valence-corrected chi connectivity index (χ4v) is 1.86. The van der Waals surface area contributed by atoms with E-state index in [1.165, 1.54) is 32.1 Å². The summed E-state index contributed by atoms with van der Waals surface area (Å²) in [6.45, 7) is 5.80. The first-order chi connectivity index (χ1) is 7.15. The van der Waals surface area contributed by atoms with Crippen LogP contribution in [0, 0.1) is 5.92 Å². The molecule has 0 saturated heterocycles. The fraction of sp³-hybridized carbons (Fsp3) is 0.917. The van der Waals surface area contributed by atoms with E-state index in [0.29, 0.717) is 6.04 Å². The number of carboxylic acid groups (broad SMARTS) is 1. The standard InChI is InChI=1S/C12H23NO2/c1-3-4-5-8-13(11-6-7-11)9-10(2)12(14)15/h10-11H,3-9H2,1-2H3,(H,14,15). The highest BCUT2D eigenvalue weighted by atomic mass is 16.4. The monoisotopic (exact) mass is 213 g/mol. The topological polar surface area (TPSA) is 40.5 Å². The first-order valence-corrected chi connectivity index (χ1v) is 6.12. The summed E-state index contributed by atoms with van der Waals surface area (Å²) in [5.41, 5.74) is 0. The van der Waals surface area contributed by atoms with Crippen LogP contribution in [0.15, 0.2) is 0 Å². The molecule has 0 aliphatic heterocycles. The molecule has 0 aromatic rings. The van der Waals surface area contributed by atoms with Crippen molar-refractivity contribution in [2.75, 3.05) is 13.1 Å². The predicted octanol–water partition coefficient (Wildman–Crippen LogP) is 2.36. The quantitative estimate of drug-likeness (QED) is 0.629. The van der Waals surface area contributed by atoms with Gasteiger partial charge in [0.05, 0.1) is 5.92 Å². The van der Waals surface area contributed by atoms with Gasteiger partial charge in [-0.15, -0.1) is 0 Å². The molecule has 1 atom stereocenters. The summed E-state index contributed by atoms with van der Waals surface area (Å²) in [5.74, 6) is -0.900. The van der Waals surface area contributed by atoms with Crippen molar-refractivity contribution in [1.82, 2.24) is 4.90 Å². The lowest BCUT2D eigenvalue weighted by molar-refractivity contribution is -0.141. The maximum Gasteiger partial charge on any atom is 0.307 e. The molecule has 0 heterocycles. The van der Waals surface area contributed by atoms with E-state index in [2.05, 4.69) is 11.8 Å². The predicted molar refractivity (Wildman–Crippen MR) is 60.9 cm³/mol. The zero-order valence-corrected chi connectivity index (χ0v) is 9.91. The molecule has 0 spiro atoms. The maximum atomic E-state index is 10.8. The van der Waals surface area contributed by atoms with Crippen LogP contribution in [0.1, 0.15) is 46.0 Å². The van der Waals surface area contributed by atoms with Crippen LogP contribution in [0.25, 0.3) is 0 Å². The van der Waals surface area contributed by atoms with E-state index in [-0.39, 0.29) is 5.92 Å². The van der Waals surface area contributed by atoms with Gasteiger partial charge in [-0.3, -0.25) is 9.69 Å². The molecule has 0 aromatic carbocycles. The third-order valence-corrected chi connectivity index (χ3v) is 3.04. The van der Waals surface area contributed by atoms with Gasteiger partial charge in [0.2, 0.25) is 0 Å². The van der Waals surface area contributed by atoms with Crippen molar-refractivity contribution < 1.29 is 9.90 Å². The van der Waals surface area contributed by atoms with Crippen LogP contribution in [0.2, 0.25) is 0 Å². The van der Waals surface area contributed by atoms with Crippen LogP contribution in [0.5, 0.6) is 0 Å². The van der Waals surface area contributed by atoms with Crippen LogP contribution in [0.4, 0.5) is 0 Å². The van der Waals surface area contributed by atoms with Crippen molar-refractivity contribution >= 4 is 5.97 Å². The fourth-order valence-electron chi connectivity index (χ4n) is 1.86. The Labute approximate surface area is 92.5 Å². The van der Waals surface area contributed by atoms with Gasteiger partial charge >= 0.3 is 5.97 Å². The molecule has 1 N–H and O–H groups in total. The molecule has 0 amide bonds. The minimum atomic E-state index is -0.670. The second kappa shape index (κ2) is 6.11. The average Bonchev–Trinajstić information content (AvgIpc) is 2.99. The molecule has 0 bridgehead atoms. The lowest BCUT2D eigenvalue weighted by atomic mass is 10.1. The van der Waals surface area contributed by atoms with E-state index in [0.717, 1.165) is 13.1 Å². The minimum Gasteiger partial charge on any atom is -0.481 e. The summed E-state index contributed by atoms with van der Waals surface area (Å²) < 4.78 is 0. The molecule has 1 fully saturated rings. The Bertz CT molecular complexity index is 202. The normalized spacial score (nSPS) is 18.1. The highest BCUT2D eigenvalue weighted by Gasteiger charge is 2.30. The number of aliphatic carboxylic acids is 1. The van der Waals surface area contributed by atoms with E-state index in [1.54, 1.807) is 6.92 Å². The number of hydrogen-bond donors (Lipinski definition) is 1. The van der Waals surface area contributed by atoms with Gasteiger partial charge in [-0.05, 0) is 25.8 Å². The summed E-state index contributed by atoms with van der Waals surface area (Å²) in [4.78, 5) is 13.2. The van der Waals surface area contributed by atoms with Crippen LogP contribution < -0.4 is 0 Å². The van der Waals surface area contributed by atoms with Crippen molar-refractivity contribution in [3.63, 3.8) is 0 Å². The Morgan fingerprint density at radius 1 is 1.47 bits per heavy atom. The van der Waals surface area contributed by atoms with Crippen LogP contribution >= 0.6 is 0 Å². The van der Waals surface area contributed by atoms with Crippen LogP contribution in [0.3, 0.4) is 0 Å². The van der Waals surface area contributed by atoms with Gasteiger partial charge in [-0.2, -0.15) is 0 Å². The highest BCUT2D eigenvalue weighted by Crippen LogP contribution is 2.27. The van der Waals surface area contributed by atoms with Gasteiger partial charge in [-0.25, -0.2) is 0 Å². The Hall–Kier alpha value is -0.570. The van der Waals surface area contributed by atoms with E-state index < -0.39 is 5.97 Å². The first-order valence-electron chi connectivity index (χ1n) is 6.12. The number of nitrogens with zero attached hydrogens (tertiary/aromatic N) is 1. The number of rotatable bonds is 8. The minimum absolute atomic E-state index is 0.229. The Morgan fingerprint density at radius 3 is 2.60 bits per heavy atom. The van der Waals surface area contributed by atoms with Gasteiger partial charge in [0.15, 0.2) is 0 Å². The molecule has 0 radical (unpaired) electrons. The summed E-state index contributed by atoms with van der Waals surface area (Å²) >= 11 is 0. The maximum absolute atomic E-state index is 10.8. The van der Waals surface area contributed by atoms with Crippen molar-refractivity contribution in [3.05, 3.63) is 0 Å². The largest absolute Gasteiger partial charge is 0.481 e. The van der Waals surface area contributed by atoms with E-state index in [9.17, 15) is 4.79 Å². The van der Waals surface area contributed by atoms with E-state index >= 15 is 0 Å². The molecule has 1 rings (SSSR count). The van der Waals surface area contributed by atoms with E-state index in [4.69, 9.17) is 5.11 Å². The van der Waals surface area contributed by atoms with Crippen molar-refractivity contribution in [2.24, 2.45) is 5.92 Å². The molecule has 1 unspecified atom stereocenters. The summed E-state index contributed by atoms with van der Waals surface area (Å²) in [5, 5.41) is 8.88. The SMILES string of the molecule is CCCCCN(CC(C)C(=O)O)C1CC1. The van der Waals surface area contributed by atoms with Gasteiger partial charge in [0.25, 0.3) is 0 Å². The van der Waals surface area contributed by atoms with Gasteiger partial charge in [0, 0.05) is 12.6 Å². The van der Waals surface area contributed by atoms with Crippen LogP contribution in [-0.4, -0.2) is 35.1 Å². The molecule has 1 saturated carbocycles. The molecule has 3 heteroatoms. The Kier molecular flexibility index (Phi) is 5.09. The first kappa shape index (κ1) is 12.5. The number of carboxylic acids is 1. The average molecular weight is 213 g/mol. The second-order valence-electron chi connectivity index (χ2n) is 4.67. The summed E-state index contributed by atoms with van der Waals surface area (Å²) in [6, 6.07) is 0.684. The Balaban J connectivity index is 2.27. The van der Waals surface area contributed by atoms with Gasteiger partial charge < -0.3 is 5.11 Å². The third-order valence-electron chi connectivity index (χ3n) is 3.04. The second-order valence-corrected chi connectivity index (χ2v) is 4.67. The van der Waals surface area contributed by atoms with Crippen LogP contribution in [-0.2, 0) is 4.79 Å². The molecule has 1 aliphatic rings. The molecule has 1 aliphatic carbocycles. The van der Waals surface area contributed by atoms with Gasteiger partial charge in [0.1, 0.15) is 0 Å². The lowest BCUT2D eigenvalue weighted by Crippen LogP contribution is -2.34. The zero-order chi connectivity index (χ0) is 11.3. The Morgan fingerprint density at radius 2 is 2.13 bits per heavy atom. The summed E-state index contributed by atoms with van der Waals surface area (Å²) in [7, 11) is 0. The summed E-state index contributed by atoms with van der Waals surface area (Å²) in [6.07, 6.45) is 6.22. The molecule has 3 nitrogen and oxygen atoms in total. The third kappa shape index (κ3) is 4.65. The molecule has 0 aromatic heterocycles. The van der Waals surface area contributed by atoms with Crippen molar-refractivity contribution in [3.8, 4) is 0 Å². The molecular formula is C12H23NO2. The van der Waals surface area contributed by atoms with Crippen molar-refractivity contribution in [2.45, 2.75) is 52.0 Å². The van der Waals surface area contributed by atoms with Crippen molar-refractivity contribution in [1.29, 1.82) is 0 Å². The number of hydrogen-bond acceptors (Lipinski definition) is 2. The molecule has 88 valence electrons. The van der Waals surface area contributed by atoms with E-state index in [1.807, 2.05) is 0 Å². The highest BCUT2D eigenvalue weighted by molar-refractivity contribution is 5.69. The smallest absolute Gasteiger partial charge is 0.307 e. The van der Waals surface area contributed by atoms with Gasteiger partial charge in [-0.1, -0.05) is 26.7 Å².